The lowest BCUT2D eigenvalue weighted by atomic mass is 10.3. The molecule has 0 saturated heterocycles. The van der Waals surface area contributed by atoms with E-state index in [1.807, 2.05) is 4.90 Å². The predicted octanol–water partition coefficient (Wildman–Crippen LogP) is 0.00410. The molecule has 7 heteroatoms. The maximum Gasteiger partial charge on any atom is 0.304 e. The molecule has 0 saturated carbocycles. The molecule has 0 aromatic carbocycles. The zero-order valence-electron chi connectivity index (χ0n) is 11.1. The van der Waals surface area contributed by atoms with Crippen LogP contribution >= 0.6 is 0 Å². The third-order valence-corrected chi connectivity index (χ3v) is 2.15. The number of carboxylic acid groups (broad SMARTS) is 1. The first-order chi connectivity index (χ1) is 8.70. The number of carboxylic acids is 1. The average Bonchev–Trinajstić information content (AvgIpc) is 2.35. The van der Waals surface area contributed by atoms with E-state index >= 15 is 0 Å². The van der Waals surface area contributed by atoms with E-state index in [2.05, 4.69) is 0 Å². The summed E-state index contributed by atoms with van der Waals surface area (Å²) in [5.74, 6) is -0.810. The van der Waals surface area contributed by atoms with E-state index in [0.717, 1.165) is 0 Å². The standard InChI is InChI=1S/C11H23NO6/c1-15-9-17-7-5-12(4-3-11(13)14)6-8-18-10-16-2/h3-10H2,1-2H3,(H,13,14). The molecular formula is C11H23NO6. The highest BCUT2D eigenvalue weighted by molar-refractivity contribution is 5.66. The second-order valence-electron chi connectivity index (χ2n) is 3.61. The fraction of sp³-hybridized carbons (Fsp3) is 0.909. The van der Waals surface area contributed by atoms with E-state index in [9.17, 15) is 4.79 Å². The van der Waals surface area contributed by atoms with Crippen molar-refractivity contribution in [3.05, 3.63) is 0 Å². The molecule has 0 heterocycles. The maximum atomic E-state index is 10.5. The van der Waals surface area contributed by atoms with Gasteiger partial charge in [0.05, 0.1) is 19.6 Å². The molecule has 0 bridgehead atoms. The van der Waals surface area contributed by atoms with Crippen LogP contribution in [0.4, 0.5) is 0 Å². The number of aliphatic carboxylic acids is 1. The predicted molar refractivity (Wildman–Crippen MR) is 64.3 cm³/mol. The van der Waals surface area contributed by atoms with Crippen molar-refractivity contribution in [1.29, 1.82) is 0 Å². The van der Waals surface area contributed by atoms with Crippen LogP contribution in [0.25, 0.3) is 0 Å². The fourth-order valence-electron chi connectivity index (χ4n) is 1.26. The van der Waals surface area contributed by atoms with Crippen molar-refractivity contribution in [3.8, 4) is 0 Å². The highest BCUT2D eigenvalue weighted by atomic mass is 16.7. The Morgan fingerprint density at radius 3 is 1.89 bits per heavy atom. The molecule has 18 heavy (non-hydrogen) atoms. The molecule has 1 N–H and O–H groups in total. The molecular weight excluding hydrogens is 242 g/mol. The van der Waals surface area contributed by atoms with Crippen LogP contribution in [0.2, 0.25) is 0 Å². The molecule has 0 fully saturated rings. The van der Waals surface area contributed by atoms with Gasteiger partial charge < -0.3 is 24.1 Å². The summed E-state index contributed by atoms with van der Waals surface area (Å²) in [6.07, 6.45) is 0.106. The van der Waals surface area contributed by atoms with E-state index in [4.69, 9.17) is 24.1 Å². The normalized spacial score (nSPS) is 11.1. The second-order valence-corrected chi connectivity index (χ2v) is 3.61. The first-order valence-corrected chi connectivity index (χ1v) is 5.78. The second kappa shape index (κ2) is 12.7. The molecule has 0 radical (unpaired) electrons. The molecule has 0 aromatic rings. The van der Waals surface area contributed by atoms with Gasteiger partial charge in [0.15, 0.2) is 0 Å². The summed E-state index contributed by atoms with van der Waals surface area (Å²) in [4.78, 5) is 12.5. The van der Waals surface area contributed by atoms with Gasteiger partial charge in [-0.05, 0) is 0 Å². The minimum Gasteiger partial charge on any atom is -0.481 e. The van der Waals surface area contributed by atoms with Crippen LogP contribution in [0.1, 0.15) is 6.42 Å². The van der Waals surface area contributed by atoms with E-state index in [1.54, 1.807) is 14.2 Å². The number of hydrogen-bond donors (Lipinski definition) is 1. The molecule has 0 aromatic heterocycles. The van der Waals surface area contributed by atoms with E-state index < -0.39 is 5.97 Å². The molecule has 0 aliphatic rings. The van der Waals surface area contributed by atoms with Crippen LogP contribution in [-0.2, 0) is 23.7 Å². The average molecular weight is 265 g/mol. The highest BCUT2D eigenvalue weighted by Gasteiger charge is 2.07. The van der Waals surface area contributed by atoms with Crippen LogP contribution in [-0.4, -0.2) is 76.6 Å². The van der Waals surface area contributed by atoms with Crippen LogP contribution < -0.4 is 0 Å². The van der Waals surface area contributed by atoms with Gasteiger partial charge in [0.1, 0.15) is 13.6 Å². The van der Waals surface area contributed by atoms with Gasteiger partial charge in [-0.3, -0.25) is 9.69 Å². The highest BCUT2D eigenvalue weighted by Crippen LogP contribution is 1.93. The first-order valence-electron chi connectivity index (χ1n) is 5.78. The summed E-state index contributed by atoms with van der Waals surface area (Å²) in [5.41, 5.74) is 0. The van der Waals surface area contributed by atoms with Crippen molar-refractivity contribution < 1.29 is 28.8 Å². The zero-order chi connectivity index (χ0) is 13.6. The van der Waals surface area contributed by atoms with Gasteiger partial charge in [-0.2, -0.15) is 0 Å². The van der Waals surface area contributed by atoms with Gasteiger partial charge in [0, 0.05) is 33.9 Å². The molecule has 7 nitrogen and oxygen atoms in total. The maximum absolute atomic E-state index is 10.5. The number of hydrogen-bond acceptors (Lipinski definition) is 6. The van der Waals surface area contributed by atoms with Gasteiger partial charge in [-0.15, -0.1) is 0 Å². The quantitative estimate of drug-likeness (QED) is 0.371. The van der Waals surface area contributed by atoms with Crippen LogP contribution in [0.3, 0.4) is 0 Å². The fourth-order valence-corrected chi connectivity index (χ4v) is 1.26. The molecule has 0 atom stereocenters. The lowest BCUT2D eigenvalue weighted by Gasteiger charge is -2.21. The lowest BCUT2D eigenvalue weighted by Crippen LogP contribution is -2.33. The van der Waals surface area contributed by atoms with Gasteiger partial charge in [-0.1, -0.05) is 0 Å². The van der Waals surface area contributed by atoms with E-state index in [1.165, 1.54) is 0 Å². The van der Waals surface area contributed by atoms with Crippen molar-refractivity contribution in [2.45, 2.75) is 6.42 Å². The minimum atomic E-state index is -0.810. The Morgan fingerprint density at radius 2 is 1.50 bits per heavy atom. The Labute approximate surface area is 108 Å². The monoisotopic (exact) mass is 265 g/mol. The molecule has 0 spiro atoms. The Morgan fingerprint density at radius 1 is 1.00 bits per heavy atom. The SMILES string of the molecule is COCOCCN(CCOCOC)CCC(=O)O. The van der Waals surface area contributed by atoms with Crippen molar-refractivity contribution in [3.63, 3.8) is 0 Å². The van der Waals surface area contributed by atoms with Crippen molar-refractivity contribution >= 4 is 5.97 Å². The third-order valence-electron chi connectivity index (χ3n) is 2.15. The summed E-state index contributed by atoms with van der Waals surface area (Å²) in [6.45, 7) is 3.25. The summed E-state index contributed by atoms with van der Waals surface area (Å²) in [7, 11) is 3.11. The number of ether oxygens (including phenoxy) is 4. The third kappa shape index (κ3) is 11.7. The molecule has 0 unspecified atom stereocenters. The van der Waals surface area contributed by atoms with Crippen molar-refractivity contribution in [2.75, 3.05) is 60.7 Å². The van der Waals surface area contributed by atoms with Gasteiger partial charge in [0.25, 0.3) is 0 Å². The van der Waals surface area contributed by atoms with Crippen LogP contribution in [0.15, 0.2) is 0 Å². The Balaban J connectivity index is 3.73. The molecule has 0 aliphatic carbocycles. The first kappa shape index (κ1) is 17.3. The molecule has 0 amide bonds. The topological polar surface area (TPSA) is 77.5 Å². The summed E-state index contributed by atoms with van der Waals surface area (Å²) in [6, 6.07) is 0. The summed E-state index contributed by atoms with van der Waals surface area (Å²) in [5, 5.41) is 8.65. The molecule has 108 valence electrons. The van der Waals surface area contributed by atoms with Gasteiger partial charge in [-0.25, -0.2) is 0 Å². The largest absolute Gasteiger partial charge is 0.481 e. The number of carbonyl (C=O) groups is 1. The Kier molecular flexibility index (Phi) is 12.2. The number of methoxy groups -OCH3 is 2. The van der Waals surface area contributed by atoms with E-state index in [-0.39, 0.29) is 20.0 Å². The van der Waals surface area contributed by atoms with Crippen molar-refractivity contribution in [2.24, 2.45) is 0 Å². The van der Waals surface area contributed by atoms with Crippen molar-refractivity contribution in [1.82, 2.24) is 4.90 Å². The Hall–Kier alpha value is -0.730. The number of nitrogens with zero attached hydrogens (tertiary/aromatic N) is 1. The van der Waals surface area contributed by atoms with Gasteiger partial charge in [0.2, 0.25) is 0 Å². The smallest absolute Gasteiger partial charge is 0.304 e. The number of rotatable bonds is 13. The van der Waals surface area contributed by atoms with Crippen LogP contribution in [0, 0.1) is 0 Å². The minimum absolute atomic E-state index is 0.106. The van der Waals surface area contributed by atoms with Gasteiger partial charge >= 0.3 is 5.97 Å². The Bertz CT molecular complexity index is 190. The lowest BCUT2D eigenvalue weighted by molar-refractivity contribution is -0.137. The van der Waals surface area contributed by atoms with E-state index in [0.29, 0.717) is 32.8 Å². The summed E-state index contributed by atoms with van der Waals surface area (Å²) < 4.78 is 19.9. The molecule has 0 aliphatic heterocycles. The summed E-state index contributed by atoms with van der Waals surface area (Å²) >= 11 is 0. The molecule has 0 rings (SSSR count). The zero-order valence-corrected chi connectivity index (χ0v) is 11.1. The van der Waals surface area contributed by atoms with Crippen LogP contribution in [0.5, 0.6) is 0 Å².